The van der Waals surface area contributed by atoms with E-state index in [2.05, 4.69) is 13.8 Å². The van der Waals surface area contributed by atoms with E-state index in [9.17, 15) is 9.90 Å². The van der Waals surface area contributed by atoms with Crippen molar-refractivity contribution in [2.75, 3.05) is 20.2 Å². The zero-order valence-electron chi connectivity index (χ0n) is 12.7. The van der Waals surface area contributed by atoms with Gasteiger partial charge >= 0.3 is 0 Å². The predicted molar refractivity (Wildman–Crippen MR) is 82.9 cm³/mol. The van der Waals surface area contributed by atoms with Crippen LogP contribution in [0, 0.1) is 5.41 Å². The summed E-state index contributed by atoms with van der Waals surface area (Å²) in [5, 5.41) is 10.5. The van der Waals surface area contributed by atoms with E-state index in [-0.39, 0.29) is 17.4 Å². The van der Waals surface area contributed by atoms with E-state index in [0.29, 0.717) is 42.3 Å². The van der Waals surface area contributed by atoms with E-state index < -0.39 is 0 Å². The van der Waals surface area contributed by atoms with Crippen LogP contribution in [0.5, 0.6) is 5.75 Å². The summed E-state index contributed by atoms with van der Waals surface area (Å²) in [6.07, 6.45) is 0.949. The first-order valence-corrected chi connectivity index (χ1v) is 7.51. The van der Waals surface area contributed by atoms with Crippen molar-refractivity contribution >= 4 is 17.5 Å². The van der Waals surface area contributed by atoms with Gasteiger partial charge in [-0.25, -0.2) is 0 Å². The zero-order valence-corrected chi connectivity index (χ0v) is 13.5. The lowest BCUT2D eigenvalue weighted by Crippen LogP contribution is -2.37. The highest BCUT2D eigenvalue weighted by Gasteiger charge is 2.32. The molecule has 1 saturated heterocycles. The third kappa shape index (κ3) is 3.89. The molecule has 0 radical (unpaired) electrons. The molecule has 1 amide bonds. The summed E-state index contributed by atoms with van der Waals surface area (Å²) < 4.78 is 5.26. The molecule has 1 aliphatic rings. The van der Waals surface area contributed by atoms with Crippen molar-refractivity contribution in [3.8, 4) is 5.75 Å². The number of amides is 1. The molecule has 0 aromatic heterocycles. The fourth-order valence-electron chi connectivity index (χ4n) is 2.89. The molecule has 1 aromatic rings. The summed E-state index contributed by atoms with van der Waals surface area (Å²) in [5.41, 5.74) is 0.403. The molecular formula is C16H22ClNO3. The van der Waals surface area contributed by atoms with Gasteiger partial charge in [-0.2, -0.15) is 0 Å². The number of aliphatic hydroxyl groups excluding tert-OH is 1. The van der Waals surface area contributed by atoms with Gasteiger partial charge in [-0.15, -0.1) is 0 Å². The molecule has 21 heavy (non-hydrogen) atoms. The third-order valence-corrected chi connectivity index (χ3v) is 4.06. The van der Waals surface area contributed by atoms with E-state index in [4.69, 9.17) is 16.3 Å². The summed E-state index contributed by atoms with van der Waals surface area (Å²) >= 11 is 5.94. The van der Waals surface area contributed by atoms with Gasteiger partial charge in [-0.1, -0.05) is 25.4 Å². The van der Waals surface area contributed by atoms with Gasteiger partial charge in [0.1, 0.15) is 5.75 Å². The van der Waals surface area contributed by atoms with Crippen molar-refractivity contribution in [2.45, 2.75) is 32.8 Å². The molecule has 1 heterocycles. The number of hydrogen-bond donors (Lipinski definition) is 1. The lowest BCUT2D eigenvalue weighted by atomic mass is 9.87. The maximum absolute atomic E-state index is 12.8. The van der Waals surface area contributed by atoms with Gasteiger partial charge in [0.25, 0.3) is 5.91 Å². The first-order chi connectivity index (χ1) is 9.82. The maximum atomic E-state index is 12.8. The van der Waals surface area contributed by atoms with Crippen molar-refractivity contribution in [1.29, 1.82) is 0 Å². The van der Waals surface area contributed by atoms with E-state index >= 15 is 0 Å². The average Bonchev–Trinajstić information content (AvgIpc) is 2.55. The molecule has 1 aromatic carbocycles. The lowest BCUT2D eigenvalue weighted by molar-refractivity contribution is 0.0701. The number of carbonyl (C=O) groups excluding carboxylic acids is 1. The number of aliphatic hydroxyl groups is 1. The van der Waals surface area contributed by atoms with Crippen LogP contribution in [0.1, 0.15) is 37.0 Å². The highest BCUT2D eigenvalue weighted by atomic mass is 35.5. The van der Waals surface area contributed by atoms with E-state index in [1.807, 2.05) is 0 Å². The van der Waals surface area contributed by atoms with Crippen molar-refractivity contribution in [3.63, 3.8) is 0 Å². The molecule has 0 bridgehead atoms. The maximum Gasteiger partial charge on any atom is 0.257 e. The Bertz CT molecular complexity index is 530. The number of benzene rings is 1. The Hall–Kier alpha value is -1.26. The average molecular weight is 312 g/mol. The SMILES string of the molecule is COc1cc(Cl)ccc1C(=O)N1CCC(O)CC(C)(C)C1. The van der Waals surface area contributed by atoms with Crippen molar-refractivity contribution in [3.05, 3.63) is 28.8 Å². The second kappa shape index (κ2) is 6.24. The molecular weight excluding hydrogens is 290 g/mol. The minimum absolute atomic E-state index is 0.0781. The minimum atomic E-state index is -0.357. The number of nitrogens with zero attached hydrogens (tertiary/aromatic N) is 1. The van der Waals surface area contributed by atoms with Crippen LogP contribution in [-0.2, 0) is 0 Å². The molecule has 1 aliphatic heterocycles. The molecule has 116 valence electrons. The molecule has 1 unspecified atom stereocenters. The van der Waals surface area contributed by atoms with Gasteiger partial charge in [-0.3, -0.25) is 4.79 Å². The van der Waals surface area contributed by atoms with Crippen molar-refractivity contribution in [1.82, 2.24) is 4.90 Å². The highest BCUT2D eigenvalue weighted by molar-refractivity contribution is 6.30. The largest absolute Gasteiger partial charge is 0.496 e. The Morgan fingerprint density at radius 1 is 1.48 bits per heavy atom. The first-order valence-electron chi connectivity index (χ1n) is 7.13. The van der Waals surface area contributed by atoms with Crippen LogP contribution in [0.15, 0.2) is 18.2 Å². The second-order valence-corrected chi connectivity index (χ2v) is 6.82. The topological polar surface area (TPSA) is 49.8 Å². The van der Waals surface area contributed by atoms with Gasteiger partial charge in [0.2, 0.25) is 0 Å². The number of halogens is 1. The number of rotatable bonds is 2. The Morgan fingerprint density at radius 2 is 2.19 bits per heavy atom. The predicted octanol–water partition coefficient (Wildman–Crippen LogP) is 2.97. The molecule has 0 saturated carbocycles. The Labute approximate surface area is 130 Å². The van der Waals surface area contributed by atoms with Crippen LogP contribution in [0.4, 0.5) is 0 Å². The lowest BCUT2D eigenvalue weighted by Gasteiger charge is -2.30. The number of methoxy groups -OCH3 is 1. The van der Waals surface area contributed by atoms with Gasteiger partial charge in [-0.05, 0) is 36.5 Å². The normalized spacial score (nSPS) is 21.8. The van der Waals surface area contributed by atoms with Crippen LogP contribution in [0.25, 0.3) is 0 Å². The summed E-state index contributed by atoms with van der Waals surface area (Å²) in [6, 6.07) is 5.03. The Balaban J connectivity index is 2.27. The van der Waals surface area contributed by atoms with E-state index in [1.54, 1.807) is 23.1 Å². The summed E-state index contributed by atoms with van der Waals surface area (Å²) in [7, 11) is 1.53. The zero-order chi connectivity index (χ0) is 15.6. The van der Waals surface area contributed by atoms with Crippen molar-refractivity contribution in [2.24, 2.45) is 5.41 Å². The quantitative estimate of drug-likeness (QED) is 0.913. The molecule has 0 aliphatic carbocycles. The van der Waals surface area contributed by atoms with Gasteiger partial charge in [0.15, 0.2) is 0 Å². The minimum Gasteiger partial charge on any atom is -0.496 e. The molecule has 1 N–H and O–H groups in total. The fraction of sp³-hybridized carbons (Fsp3) is 0.562. The van der Waals surface area contributed by atoms with Gasteiger partial charge < -0.3 is 14.7 Å². The molecule has 2 rings (SSSR count). The van der Waals surface area contributed by atoms with Crippen LogP contribution in [0.2, 0.25) is 5.02 Å². The molecule has 1 fully saturated rings. The van der Waals surface area contributed by atoms with E-state index in [0.717, 1.165) is 0 Å². The summed E-state index contributed by atoms with van der Waals surface area (Å²) in [5.74, 6) is 0.404. The summed E-state index contributed by atoms with van der Waals surface area (Å²) in [4.78, 5) is 14.6. The number of likely N-dealkylation sites (tertiary alicyclic amines) is 1. The first kappa shape index (κ1) is 16.1. The van der Waals surface area contributed by atoms with Crippen LogP contribution >= 0.6 is 11.6 Å². The monoisotopic (exact) mass is 311 g/mol. The summed E-state index contributed by atoms with van der Waals surface area (Å²) in [6.45, 7) is 5.31. The van der Waals surface area contributed by atoms with Crippen molar-refractivity contribution < 1.29 is 14.6 Å². The molecule has 4 nitrogen and oxygen atoms in total. The van der Waals surface area contributed by atoms with Crippen LogP contribution in [0.3, 0.4) is 0 Å². The number of hydrogen-bond acceptors (Lipinski definition) is 3. The van der Waals surface area contributed by atoms with Crippen LogP contribution in [-0.4, -0.2) is 42.2 Å². The Morgan fingerprint density at radius 3 is 2.86 bits per heavy atom. The Kier molecular flexibility index (Phi) is 4.79. The van der Waals surface area contributed by atoms with Gasteiger partial charge in [0.05, 0.1) is 18.8 Å². The standard InChI is InChI=1S/C16H22ClNO3/c1-16(2)9-12(19)6-7-18(10-16)15(20)13-5-4-11(17)8-14(13)21-3/h4-5,8,12,19H,6-7,9-10H2,1-3H3. The third-order valence-electron chi connectivity index (χ3n) is 3.82. The number of ether oxygens (including phenoxy) is 1. The number of carbonyl (C=O) groups is 1. The second-order valence-electron chi connectivity index (χ2n) is 6.38. The molecule has 0 spiro atoms. The van der Waals surface area contributed by atoms with Crippen LogP contribution < -0.4 is 4.74 Å². The van der Waals surface area contributed by atoms with E-state index in [1.165, 1.54) is 7.11 Å². The van der Waals surface area contributed by atoms with Gasteiger partial charge in [0, 0.05) is 18.1 Å². The smallest absolute Gasteiger partial charge is 0.257 e. The molecule has 1 atom stereocenters. The highest BCUT2D eigenvalue weighted by Crippen LogP contribution is 2.31. The molecule has 5 heteroatoms. The fourth-order valence-corrected chi connectivity index (χ4v) is 3.05.